The van der Waals surface area contributed by atoms with Crippen molar-refractivity contribution in [3.63, 3.8) is 0 Å². The van der Waals surface area contributed by atoms with Gasteiger partial charge in [0.2, 0.25) is 0 Å². The van der Waals surface area contributed by atoms with Gasteiger partial charge in [-0.3, -0.25) is 5.32 Å². The molecule has 2 N–H and O–H groups in total. The first kappa shape index (κ1) is 13.3. The highest BCUT2D eigenvalue weighted by atomic mass is 32.1. The second kappa shape index (κ2) is 6.19. The van der Waals surface area contributed by atoms with E-state index in [-0.39, 0.29) is 6.03 Å². The molecule has 2 amide bonds. The zero-order valence-corrected chi connectivity index (χ0v) is 11.9. The third kappa shape index (κ3) is 3.46. The van der Waals surface area contributed by atoms with E-state index < -0.39 is 0 Å². The maximum absolute atomic E-state index is 11.9. The number of amides is 2. The molecular weight excluding hydrogens is 282 g/mol. The molecule has 0 saturated carbocycles. The Balaban J connectivity index is 1.66. The smallest absolute Gasteiger partial charge is 0.308 e. The van der Waals surface area contributed by atoms with E-state index in [1.165, 1.54) is 11.3 Å². The zero-order chi connectivity index (χ0) is 14.5. The number of urea groups is 1. The van der Waals surface area contributed by atoms with Crippen molar-refractivity contribution in [2.75, 3.05) is 10.6 Å². The first-order valence-corrected chi connectivity index (χ1v) is 7.27. The molecule has 0 radical (unpaired) electrons. The minimum Gasteiger partial charge on any atom is -0.308 e. The van der Waals surface area contributed by atoms with Gasteiger partial charge in [0, 0.05) is 11.9 Å². The molecule has 0 unspecified atom stereocenters. The summed E-state index contributed by atoms with van der Waals surface area (Å²) in [5.41, 5.74) is 1.83. The van der Waals surface area contributed by atoms with E-state index in [4.69, 9.17) is 0 Å². The number of nitrogens with zero attached hydrogens (tertiary/aromatic N) is 1. The van der Waals surface area contributed by atoms with Gasteiger partial charge in [-0.2, -0.15) is 0 Å². The molecule has 0 spiro atoms. The van der Waals surface area contributed by atoms with Crippen LogP contribution in [0, 0.1) is 0 Å². The van der Waals surface area contributed by atoms with Crippen LogP contribution >= 0.6 is 11.3 Å². The Bertz CT molecular complexity index is 726. The van der Waals surface area contributed by atoms with Crippen molar-refractivity contribution < 1.29 is 4.79 Å². The molecule has 0 aliphatic heterocycles. The van der Waals surface area contributed by atoms with Crippen LogP contribution in [-0.2, 0) is 0 Å². The van der Waals surface area contributed by atoms with Gasteiger partial charge in [0.25, 0.3) is 0 Å². The van der Waals surface area contributed by atoms with Crippen molar-refractivity contribution in [2.24, 2.45) is 0 Å². The van der Waals surface area contributed by atoms with Crippen LogP contribution in [0.1, 0.15) is 0 Å². The fourth-order valence-corrected chi connectivity index (χ4v) is 2.67. The zero-order valence-electron chi connectivity index (χ0n) is 11.1. The number of aromatic nitrogens is 1. The predicted octanol–water partition coefficient (Wildman–Crippen LogP) is 4.45. The molecule has 104 valence electrons. The van der Waals surface area contributed by atoms with Gasteiger partial charge in [-0.05, 0) is 17.7 Å². The second-order valence-corrected chi connectivity index (χ2v) is 5.37. The molecule has 3 rings (SSSR count). The average Bonchev–Trinajstić information content (AvgIpc) is 2.97. The van der Waals surface area contributed by atoms with Crippen LogP contribution in [0.2, 0.25) is 0 Å². The molecule has 21 heavy (non-hydrogen) atoms. The maximum Gasteiger partial charge on any atom is 0.325 e. The third-order valence-electron chi connectivity index (χ3n) is 2.82. The van der Waals surface area contributed by atoms with Crippen molar-refractivity contribution in [1.29, 1.82) is 0 Å². The summed E-state index contributed by atoms with van der Waals surface area (Å²) in [6, 6.07) is 19.0. The summed E-state index contributed by atoms with van der Waals surface area (Å²) in [6.45, 7) is 0. The summed E-state index contributed by atoms with van der Waals surface area (Å²) in [7, 11) is 0. The first-order chi connectivity index (χ1) is 10.3. The molecule has 0 saturated heterocycles. The Hall–Kier alpha value is -2.66. The van der Waals surface area contributed by atoms with Gasteiger partial charge in [-0.1, -0.05) is 59.9 Å². The highest BCUT2D eigenvalue weighted by molar-refractivity contribution is 7.19. The van der Waals surface area contributed by atoms with E-state index in [9.17, 15) is 4.79 Å². The molecule has 0 aliphatic carbocycles. The van der Waals surface area contributed by atoms with Crippen LogP contribution in [0.5, 0.6) is 0 Å². The number of para-hydroxylation sites is 1. The van der Waals surface area contributed by atoms with Gasteiger partial charge < -0.3 is 5.32 Å². The third-order valence-corrected chi connectivity index (χ3v) is 3.78. The fraction of sp³-hybridized carbons (Fsp3) is 0. The summed E-state index contributed by atoms with van der Waals surface area (Å²) in [6.07, 6.45) is 1.76. The van der Waals surface area contributed by atoms with Crippen LogP contribution in [-0.4, -0.2) is 11.0 Å². The van der Waals surface area contributed by atoms with Crippen LogP contribution in [0.3, 0.4) is 0 Å². The molecule has 5 heteroatoms. The number of benzene rings is 2. The van der Waals surface area contributed by atoms with Crippen LogP contribution in [0.4, 0.5) is 15.6 Å². The molecule has 3 aromatic rings. The highest BCUT2D eigenvalue weighted by Gasteiger charge is 2.07. The molecule has 0 fully saturated rings. The lowest BCUT2D eigenvalue weighted by molar-refractivity contribution is 0.262. The second-order valence-electron chi connectivity index (χ2n) is 4.34. The van der Waals surface area contributed by atoms with Gasteiger partial charge in [0.15, 0.2) is 5.13 Å². The SMILES string of the molecule is O=C(Nc1ccccc1)Nc1ncc(-c2ccccc2)s1. The average molecular weight is 295 g/mol. The molecule has 4 nitrogen and oxygen atoms in total. The quantitative estimate of drug-likeness (QED) is 0.750. The fourth-order valence-electron chi connectivity index (χ4n) is 1.85. The molecular formula is C16H13N3OS. The molecule has 0 atom stereocenters. The van der Waals surface area contributed by atoms with Gasteiger partial charge in [0.1, 0.15) is 0 Å². The topological polar surface area (TPSA) is 54.0 Å². The summed E-state index contributed by atoms with van der Waals surface area (Å²) in [5.74, 6) is 0. The van der Waals surface area contributed by atoms with E-state index in [0.717, 1.165) is 16.1 Å². The minimum atomic E-state index is -0.296. The van der Waals surface area contributed by atoms with Crippen molar-refractivity contribution in [3.05, 3.63) is 66.9 Å². The Kier molecular flexibility index (Phi) is 3.93. The maximum atomic E-state index is 11.9. The summed E-state index contributed by atoms with van der Waals surface area (Å²) in [4.78, 5) is 17.1. The van der Waals surface area contributed by atoms with Crippen molar-refractivity contribution in [2.45, 2.75) is 0 Å². The normalized spacial score (nSPS) is 10.1. The van der Waals surface area contributed by atoms with Gasteiger partial charge >= 0.3 is 6.03 Å². The van der Waals surface area contributed by atoms with E-state index in [0.29, 0.717) is 5.13 Å². The Morgan fingerprint density at radius 2 is 1.57 bits per heavy atom. The monoisotopic (exact) mass is 295 g/mol. The lowest BCUT2D eigenvalue weighted by atomic mass is 10.2. The van der Waals surface area contributed by atoms with E-state index in [2.05, 4.69) is 15.6 Å². The van der Waals surface area contributed by atoms with Crippen LogP contribution in [0.15, 0.2) is 66.9 Å². The molecule has 1 aromatic heterocycles. The van der Waals surface area contributed by atoms with Gasteiger partial charge in [-0.15, -0.1) is 0 Å². The van der Waals surface area contributed by atoms with E-state index >= 15 is 0 Å². The Labute approximate surface area is 126 Å². The Morgan fingerprint density at radius 1 is 0.905 bits per heavy atom. The number of carbonyl (C=O) groups is 1. The number of hydrogen-bond acceptors (Lipinski definition) is 3. The number of thiazole rings is 1. The van der Waals surface area contributed by atoms with Crippen molar-refractivity contribution >= 4 is 28.2 Å². The molecule has 0 aliphatic rings. The lowest BCUT2D eigenvalue weighted by Crippen LogP contribution is -2.19. The predicted molar refractivity (Wildman–Crippen MR) is 86.6 cm³/mol. The first-order valence-electron chi connectivity index (χ1n) is 6.45. The number of hydrogen-bond donors (Lipinski definition) is 2. The molecule has 2 aromatic carbocycles. The van der Waals surface area contributed by atoms with Crippen LogP contribution in [0.25, 0.3) is 10.4 Å². The highest BCUT2D eigenvalue weighted by Crippen LogP contribution is 2.28. The summed E-state index contributed by atoms with van der Waals surface area (Å²) < 4.78 is 0. The molecule has 0 bridgehead atoms. The summed E-state index contributed by atoms with van der Waals surface area (Å²) in [5, 5.41) is 6.07. The van der Waals surface area contributed by atoms with Gasteiger partial charge in [-0.25, -0.2) is 9.78 Å². The van der Waals surface area contributed by atoms with Crippen molar-refractivity contribution in [3.8, 4) is 10.4 Å². The largest absolute Gasteiger partial charge is 0.325 e. The lowest BCUT2D eigenvalue weighted by Gasteiger charge is -2.04. The number of anilines is 2. The minimum absolute atomic E-state index is 0.296. The summed E-state index contributed by atoms with van der Waals surface area (Å²) >= 11 is 1.44. The Morgan fingerprint density at radius 3 is 2.29 bits per heavy atom. The number of carbonyl (C=O) groups excluding carboxylic acids is 1. The van der Waals surface area contributed by atoms with E-state index in [1.54, 1.807) is 6.20 Å². The number of nitrogens with one attached hydrogen (secondary N) is 2. The van der Waals surface area contributed by atoms with Crippen molar-refractivity contribution in [1.82, 2.24) is 4.98 Å². The van der Waals surface area contributed by atoms with Crippen LogP contribution < -0.4 is 10.6 Å². The molecule has 1 heterocycles. The van der Waals surface area contributed by atoms with E-state index in [1.807, 2.05) is 60.7 Å². The number of rotatable bonds is 3. The van der Waals surface area contributed by atoms with Gasteiger partial charge in [0.05, 0.1) is 4.88 Å². The standard InChI is InChI=1S/C16H13N3OS/c20-15(18-13-9-5-2-6-10-13)19-16-17-11-14(21-16)12-7-3-1-4-8-12/h1-11H,(H2,17,18,19,20).